The van der Waals surface area contributed by atoms with E-state index < -0.39 is 12.0 Å². The Morgan fingerprint density at radius 3 is 2.83 bits per heavy atom. The van der Waals surface area contributed by atoms with Crippen molar-refractivity contribution in [3.63, 3.8) is 0 Å². The van der Waals surface area contributed by atoms with E-state index in [1.165, 1.54) is 4.90 Å². The largest absolute Gasteiger partial charge is 0.497 e. The molecule has 1 fully saturated rings. The van der Waals surface area contributed by atoms with Gasteiger partial charge in [0.1, 0.15) is 23.1 Å². The number of aliphatic carboxylic acids is 1. The van der Waals surface area contributed by atoms with Gasteiger partial charge in [-0.3, -0.25) is 4.79 Å². The van der Waals surface area contributed by atoms with Gasteiger partial charge < -0.3 is 19.2 Å². The van der Waals surface area contributed by atoms with Crippen molar-refractivity contribution in [1.29, 1.82) is 0 Å². The minimum atomic E-state index is -0.957. The minimum absolute atomic E-state index is 0.290. The number of carbonyl (C=O) groups is 2. The second-order valence-corrected chi connectivity index (χ2v) is 5.74. The number of fused-ring (bicyclic) bond motifs is 1. The van der Waals surface area contributed by atoms with Crippen LogP contribution in [-0.2, 0) is 4.79 Å². The molecule has 1 aromatic carbocycles. The van der Waals surface area contributed by atoms with Gasteiger partial charge in [-0.15, -0.1) is 0 Å². The van der Waals surface area contributed by atoms with Crippen molar-refractivity contribution in [3.8, 4) is 5.75 Å². The van der Waals surface area contributed by atoms with Gasteiger partial charge in [0.2, 0.25) is 0 Å². The number of methoxy groups -OCH3 is 1. The number of rotatable bonds is 3. The number of hydrogen-bond acceptors (Lipinski definition) is 4. The van der Waals surface area contributed by atoms with Gasteiger partial charge in [-0.1, -0.05) is 0 Å². The first-order chi connectivity index (χ1) is 11.0. The van der Waals surface area contributed by atoms with Crippen molar-refractivity contribution in [1.82, 2.24) is 4.90 Å². The number of furan rings is 1. The van der Waals surface area contributed by atoms with Crippen LogP contribution < -0.4 is 4.74 Å². The van der Waals surface area contributed by atoms with Crippen LogP contribution in [0.1, 0.15) is 35.4 Å². The van der Waals surface area contributed by atoms with Crippen molar-refractivity contribution in [2.24, 2.45) is 0 Å². The summed E-state index contributed by atoms with van der Waals surface area (Å²) < 4.78 is 10.9. The highest BCUT2D eigenvalue weighted by atomic mass is 16.5. The monoisotopic (exact) mass is 317 g/mol. The standard InChI is InChI=1S/C17H19NO5/c1-10-15(12-9-11(22-2)6-7-14(12)23-10)16(19)18-8-4-3-5-13(18)17(20)21/h6-7,9,13H,3-5,8H2,1-2H3,(H,20,21)/t13-/m1/s1. The second-order valence-electron chi connectivity index (χ2n) is 5.74. The number of carboxylic acids is 1. The molecule has 6 heteroatoms. The van der Waals surface area contributed by atoms with E-state index in [9.17, 15) is 14.7 Å². The van der Waals surface area contributed by atoms with Crippen LogP contribution in [0.4, 0.5) is 0 Å². The van der Waals surface area contributed by atoms with Crippen LogP contribution in [0.5, 0.6) is 5.75 Å². The fraction of sp³-hybridized carbons (Fsp3) is 0.412. The zero-order valence-electron chi connectivity index (χ0n) is 13.2. The molecule has 1 atom stereocenters. The lowest BCUT2D eigenvalue weighted by Crippen LogP contribution is -2.48. The fourth-order valence-electron chi connectivity index (χ4n) is 3.17. The molecule has 2 heterocycles. The Morgan fingerprint density at radius 2 is 2.13 bits per heavy atom. The maximum absolute atomic E-state index is 13.0. The minimum Gasteiger partial charge on any atom is -0.497 e. The third kappa shape index (κ3) is 2.65. The fourth-order valence-corrected chi connectivity index (χ4v) is 3.17. The summed E-state index contributed by atoms with van der Waals surface area (Å²) in [6.45, 7) is 2.17. The molecule has 0 spiro atoms. The summed E-state index contributed by atoms with van der Waals surface area (Å²) in [4.78, 5) is 25.9. The maximum atomic E-state index is 13.0. The second kappa shape index (κ2) is 5.95. The average molecular weight is 317 g/mol. The predicted octanol–water partition coefficient (Wildman–Crippen LogP) is 2.83. The Labute approximate surface area is 133 Å². The molecule has 1 aromatic heterocycles. The van der Waals surface area contributed by atoms with Gasteiger partial charge in [0, 0.05) is 11.9 Å². The molecule has 0 radical (unpaired) electrons. The van der Waals surface area contributed by atoms with Gasteiger partial charge in [0.05, 0.1) is 12.7 Å². The average Bonchev–Trinajstić information content (AvgIpc) is 2.88. The molecule has 3 rings (SSSR count). The smallest absolute Gasteiger partial charge is 0.326 e. The van der Waals surface area contributed by atoms with Gasteiger partial charge >= 0.3 is 5.97 Å². The summed E-state index contributed by atoms with van der Waals surface area (Å²) in [5.41, 5.74) is 1.02. The van der Waals surface area contributed by atoms with E-state index >= 15 is 0 Å². The number of benzene rings is 1. The zero-order valence-corrected chi connectivity index (χ0v) is 13.2. The number of nitrogens with zero attached hydrogens (tertiary/aromatic N) is 1. The normalized spacial score (nSPS) is 18.2. The van der Waals surface area contributed by atoms with Gasteiger partial charge in [-0.05, 0) is 44.4 Å². The molecule has 1 amide bonds. The number of carbonyl (C=O) groups excluding carboxylic acids is 1. The van der Waals surface area contributed by atoms with Crippen molar-refractivity contribution >= 4 is 22.8 Å². The molecule has 1 aliphatic rings. The molecular weight excluding hydrogens is 298 g/mol. The molecule has 0 unspecified atom stereocenters. The SMILES string of the molecule is COc1ccc2oc(C)c(C(=O)N3CCCC[C@@H]3C(=O)O)c2c1. The Balaban J connectivity index is 2.06. The number of ether oxygens (including phenoxy) is 1. The molecule has 1 saturated heterocycles. The van der Waals surface area contributed by atoms with Crippen LogP contribution in [0.25, 0.3) is 11.0 Å². The molecule has 23 heavy (non-hydrogen) atoms. The van der Waals surface area contributed by atoms with E-state index in [0.717, 1.165) is 12.8 Å². The summed E-state index contributed by atoms with van der Waals surface area (Å²) in [7, 11) is 1.56. The van der Waals surface area contributed by atoms with E-state index in [1.807, 2.05) is 0 Å². The van der Waals surface area contributed by atoms with Crippen LogP contribution in [0, 0.1) is 6.92 Å². The number of hydrogen-bond donors (Lipinski definition) is 1. The van der Waals surface area contributed by atoms with E-state index in [-0.39, 0.29) is 5.91 Å². The molecule has 0 aliphatic carbocycles. The Kier molecular flexibility index (Phi) is 3.98. The number of likely N-dealkylation sites (tertiary alicyclic amines) is 1. The van der Waals surface area contributed by atoms with Crippen LogP contribution in [0.2, 0.25) is 0 Å². The number of aryl methyl sites for hydroxylation is 1. The third-order valence-corrected chi connectivity index (χ3v) is 4.33. The topological polar surface area (TPSA) is 80.0 Å². The Bertz CT molecular complexity index is 764. The summed E-state index contributed by atoms with van der Waals surface area (Å²) in [5.74, 6) is -0.128. The van der Waals surface area contributed by atoms with Crippen LogP contribution in [0.15, 0.2) is 22.6 Å². The number of carboxylic acid groups (broad SMARTS) is 1. The van der Waals surface area contributed by atoms with Crippen molar-refractivity contribution in [2.75, 3.05) is 13.7 Å². The quantitative estimate of drug-likeness (QED) is 0.941. The van der Waals surface area contributed by atoms with Crippen LogP contribution in [-0.4, -0.2) is 41.6 Å². The van der Waals surface area contributed by atoms with Crippen molar-refractivity contribution in [3.05, 3.63) is 29.5 Å². The molecule has 122 valence electrons. The Morgan fingerprint density at radius 1 is 1.35 bits per heavy atom. The van der Waals surface area contributed by atoms with Crippen LogP contribution in [0.3, 0.4) is 0 Å². The number of piperidine rings is 1. The van der Waals surface area contributed by atoms with Gasteiger partial charge in [-0.2, -0.15) is 0 Å². The summed E-state index contributed by atoms with van der Waals surface area (Å²) >= 11 is 0. The van der Waals surface area contributed by atoms with Crippen molar-refractivity contribution < 1.29 is 23.8 Å². The molecule has 6 nitrogen and oxygen atoms in total. The molecular formula is C17H19NO5. The lowest BCUT2D eigenvalue weighted by molar-refractivity contribution is -0.143. The van der Waals surface area contributed by atoms with Gasteiger partial charge in [0.25, 0.3) is 5.91 Å². The molecule has 2 aromatic rings. The summed E-state index contributed by atoms with van der Waals surface area (Å²) in [6, 6.07) is 4.49. The summed E-state index contributed by atoms with van der Waals surface area (Å²) in [5, 5.41) is 10.0. The lowest BCUT2D eigenvalue weighted by atomic mass is 10.00. The predicted molar refractivity (Wildman–Crippen MR) is 83.8 cm³/mol. The van der Waals surface area contributed by atoms with Gasteiger partial charge in [-0.25, -0.2) is 4.79 Å². The highest BCUT2D eigenvalue weighted by molar-refractivity contribution is 6.08. The zero-order chi connectivity index (χ0) is 16.6. The lowest BCUT2D eigenvalue weighted by Gasteiger charge is -2.32. The van der Waals surface area contributed by atoms with Crippen LogP contribution >= 0.6 is 0 Å². The molecule has 0 bridgehead atoms. The molecule has 0 saturated carbocycles. The first-order valence-electron chi connectivity index (χ1n) is 7.64. The summed E-state index contributed by atoms with van der Waals surface area (Å²) in [6.07, 6.45) is 2.12. The van der Waals surface area contributed by atoms with E-state index in [1.54, 1.807) is 32.2 Å². The highest BCUT2D eigenvalue weighted by Gasteiger charge is 2.34. The van der Waals surface area contributed by atoms with E-state index in [0.29, 0.717) is 41.0 Å². The molecule has 1 N–H and O–H groups in total. The van der Waals surface area contributed by atoms with E-state index in [2.05, 4.69) is 0 Å². The first kappa shape index (κ1) is 15.4. The first-order valence-corrected chi connectivity index (χ1v) is 7.64. The van der Waals surface area contributed by atoms with Gasteiger partial charge in [0.15, 0.2) is 0 Å². The molecule has 1 aliphatic heterocycles. The van der Waals surface area contributed by atoms with Crippen molar-refractivity contribution in [2.45, 2.75) is 32.2 Å². The highest BCUT2D eigenvalue weighted by Crippen LogP contribution is 2.31. The maximum Gasteiger partial charge on any atom is 0.326 e. The number of amides is 1. The third-order valence-electron chi connectivity index (χ3n) is 4.33. The van der Waals surface area contributed by atoms with E-state index in [4.69, 9.17) is 9.15 Å². The Hall–Kier alpha value is -2.50.